The first-order valence-electron chi connectivity index (χ1n) is 23.0. The second kappa shape index (κ2) is 27.0. The molecule has 3 heterocycles. The van der Waals surface area contributed by atoms with Crippen LogP contribution in [-0.2, 0) is 47.8 Å². The number of hydrogen-bond donors (Lipinski definition) is 5. The van der Waals surface area contributed by atoms with Gasteiger partial charge in [-0.3, -0.25) is 14.4 Å². The molecule has 356 valence electrons. The molecule has 1 aliphatic heterocycles. The number of amides is 3. The van der Waals surface area contributed by atoms with Gasteiger partial charge in [-0.05, 0) is 104 Å². The number of hydrogen-bond acceptors (Lipinski definition) is 8. The molecule has 5 N–H and O–H groups in total. The summed E-state index contributed by atoms with van der Waals surface area (Å²) < 4.78 is 50.9. The number of carbonyl (C=O) groups excluding carboxylic acids is 3. The number of nitrogens with one attached hydrogen (secondary N) is 5. The van der Waals surface area contributed by atoms with Crippen LogP contribution in [0.25, 0.3) is 11.6 Å². The number of nitrogens with zero attached hydrogens (tertiary/aromatic N) is 2. The molecular weight excluding hydrogens is 859 g/mol. The van der Waals surface area contributed by atoms with Crippen LogP contribution < -0.4 is 16.0 Å². The van der Waals surface area contributed by atoms with Gasteiger partial charge in [0.2, 0.25) is 17.5 Å². The van der Waals surface area contributed by atoms with Crippen molar-refractivity contribution in [1.82, 2.24) is 30.8 Å². The molecule has 4 aromatic rings. The molecule has 2 aliphatic rings. The van der Waals surface area contributed by atoms with Crippen LogP contribution in [0, 0.1) is 0 Å². The number of rotatable bonds is 28. The van der Waals surface area contributed by atoms with Crippen molar-refractivity contribution in [2.24, 2.45) is 0 Å². The van der Waals surface area contributed by atoms with Crippen molar-refractivity contribution in [2.45, 2.75) is 38.5 Å². The third-order valence-corrected chi connectivity index (χ3v) is 11.2. The van der Waals surface area contributed by atoms with Gasteiger partial charge in [-0.1, -0.05) is 36.4 Å². The first-order valence-corrected chi connectivity index (χ1v) is 23.0. The van der Waals surface area contributed by atoms with Crippen molar-refractivity contribution in [2.75, 3.05) is 93.1 Å². The van der Waals surface area contributed by atoms with Gasteiger partial charge in [0, 0.05) is 80.4 Å². The summed E-state index contributed by atoms with van der Waals surface area (Å²) in [5.41, 5.74) is 9.51. The average Bonchev–Trinajstić information content (AvgIpc) is 4.10. The van der Waals surface area contributed by atoms with Crippen LogP contribution in [0.15, 0.2) is 96.9 Å². The van der Waals surface area contributed by atoms with E-state index in [-0.39, 0.29) is 37.2 Å². The normalized spacial score (nSPS) is 14.4. The summed E-state index contributed by atoms with van der Waals surface area (Å²) in [5, 5.41) is 8.60. The van der Waals surface area contributed by atoms with E-state index in [2.05, 4.69) is 81.3 Å². The third kappa shape index (κ3) is 16.1. The lowest BCUT2D eigenvalue weighted by molar-refractivity contribution is -0.340. The molecule has 17 heteroatoms. The van der Waals surface area contributed by atoms with Crippen molar-refractivity contribution in [3.63, 3.8) is 0 Å². The fourth-order valence-corrected chi connectivity index (χ4v) is 7.74. The molecular formula is C50H63BF2N7O7+. The molecule has 67 heavy (non-hydrogen) atoms. The Kier molecular flexibility index (Phi) is 20.3. The predicted molar refractivity (Wildman–Crippen MR) is 256 cm³/mol. The second-order valence-corrected chi connectivity index (χ2v) is 16.4. The molecule has 0 saturated heterocycles. The van der Waals surface area contributed by atoms with Crippen molar-refractivity contribution in [3.05, 3.63) is 142 Å². The number of aromatic amines is 2. The summed E-state index contributed by atoms with van der Waals surface area (Å²) in [4.78, 5) is 46.1. The number of H-pyrrole nitrogens is 2. The highest BCUT2D eigenvalue weighted by molar-refractivity contribution is 6.36. The van der Waals surface area contributed by atoms with Crippen LogP contribution in [0.1, 0.15) is 69.0 Å². The van der Waals surface area contributed by atoms with Crippen LogP contribution in [0.5, 0.6) is 0 Å². The van der Waals surface area contributed by atoms with Crippen molar-refractivity contribution >= 4 is 42.5 Å². The van der Waals surface area contributed by atoms with Crippen molar-refractivity contribution in [1.29, 1.82) is 0 Å². The van der Waals surface area contributed by atoms with E-state index in [1.807, 2.05) is 18.2 Å². The van der Waals surface area contributed by atoms with Gasteiger partial charge in [0.25, 0.3) is 5.91 Å². The lowest BCUT2D eigenvalue weighted by Crippen LogP contribution is -2.35. The molecule has 0 spiro atoms. The van der Waals surface area contributed by atoms with Gasteiger partial charge < -0.3 is 49.8 Å². The summed E-state index contributed by atoms with van der Waals surface area (Å²) >= 11 is 0. The predicted octanol–water partition coefficient (Wildman–Crippen LogP) is 5.21. The molecule has 0 atom stereocenters. The van der Waals surface area contributed by atoms with Gasteiger partial charge in [0.05, 0.1) is 52.9 Å². The Morgan fingerprint density at radius 1 is 0.746 bits per heavy atom. The topological polar surface area (TPSA) is 162 Å². The summed E-state index contributed by atoms with van der Waals surface area (Å²) in [6.45, 7) is 4.76. The number of fused-ring (bicyclic) bond motifs is 2. The molecule has 0 radical (unpaired) electrons. The second-order valence-electron chi connectivity index (χ2n) is 16.4. The molecule has 2 aromatic carbocycles. The van der Waals surface area contributed by atoms with Crippen LogP contribution >= 0.6 is 0 Å². The van der Waals surface area contributed by atoms with E-state index < -0.39 is 7.40 Å². The molecule has 0 unspecified atom stereocenters. The van der Waals surface area contributed by atoms with Crippen molar-refractivity contribution in [3.8, 4) is 0 Å². The largest absolute Gasteiger partial charge is 0.935 e. The van der Waals surface area contributed by atoms with E-state index in [0.29, 0.717) is 101 Å². The zero-order valence-electron chi connectivity index (χ0n) is 38.6. The summed E-state index contributed by atoms with van der Waals surface area (Å²) in [5.74, 6) is -0.452. The molecule has 0 fully saturated rings. The van der Waals surface area contributed by atoms with E-state index in [4.69, 9.17) is 18.9 Å². The maximum Gasteiger partial charge on any atom is 0.935 e. The Bertz CT molecular complexity index is 2360. The van der Waals surface area contributed by atoms with Crippen LogP contribution in [-0.4, -0.2) is 143 Å². The van der Waals surface area contributed by atoms with Gasteiger partial charge in [-0.25, -0.2) is 13.1 Å². The molecule has 0 saturated carbocycles. The van der Waals surface area contributed by atoms with Crippen molar-refractivity contribution < 1.29 is 46.4 Å². The first-order chi connectivity index (χ1) is 32.7. The maximum atomic E-state index is 13.9. The zero-order valence-corrected chi connectivity index (χ0v) is 38.6. The molecule has 14 nitrogen and oxygen atoms in total. The smallest absolute Gasteiger partial charge is 0.379 e. The summed E-state index contributed by atoms with van der Waals surface area (Å²) in [6, 6.07) is 21.6. The average molecular weight is 923 g/mol. The lowest BCUT2D eigenvalue weighted by atomic mass is 9.91. The number of aromatic nitrogens is 2. The number of halogens is 2. The molecule has 2 aromatic heterocycles. The minimum absolute atomic E-state index is 0.119. The quantitative estimate of drug-likeness (QED) is 0.0384. The third-order valence-electron chi connectivity index (χ3n) is 11.2. The Morgan fingerprint density at radius 2 is 1.43 bits per heavy atom. The monoisotopic (exact) mass is 922 g/mol. The maximum absolute atomic E-state index is 13.9. The highest BCUT2D eigenvalue weighted by atomic mass is 19.2. The first kappa shape index (κ1) is 50.4. The summed E-state index contributed by atoms with van der Waals surface area (Å²) in [6.07, 6.45) is 12.7. The lowest BCUT2D eigenvalue weighted by Gasteiger charge is -2.15. The molecule has 3 amide bonds. The number of allylic oxidation sites excluding steroid dienone is 2. The Morgan fingerprint density at radius 3 is 2.16 bits per heavy atom. The summed E-state index contributed by atoms with van der Waals surface area (Å²) in [7, 11) is 1.43. The SMILES string of the molecule is CN(C)CC/C=C1/c2ccccc2CCc2ccc(C(=O)NCCNC(=O)CCOCCOCCOCCOCCNC(=O)CCc3ccc(/C=C4/C=CC(c5ccc[nH]5)=[N+]4B(F)F)[nH]3)cc21. The van der Waals surface area contributed by atoms with E-state index >= 15 is 0 Å². The number of ether oxygens (including phenoxy) is 4. The van der Waals surface area contributed by atoms with Gasteiger partial charge in [-0.15, -0.1) is 0 Å². The highest BCUT2D eigenvalue weighted by Gasteiger charge is 2.42. The van der Waals surface area contributed by atoms with E-state index in [1.54, 1.807) is 42.6 Å². The van der Waals surface area contributed by atoms with Crippen LogP contribution in [0.4, 0.5) is 8.63 Å². The molecule has 6 rings (SSSR count). The molecule has 1 aliphatic carbocycles. The Labute approximate surface area is 392 Å². The minimum Gasteiger partial charge on any atom is -0.379 e. The van der Waals surface area contributed by atoms with Gasteiger partial charge in [0.15, 0.2) is 5.70 Å². The van der Waals surface area contributed by atoms with Gasteiger partial charge in [-0.2, -0.15) is 0 Å². The Hall–Kier alpha value is -5.98. The minimum atomic E-state index is -2.70. The number of benzene rings is 2. The standard InChI is InChI=1S/C50H62BF2N7O7/c1-59(2)26-6-9-44-43-8-4-3-7-37(43)11-12-38-13-14-39(35-45(38)44)50(63)57-24-23-55-49(62)21-27-64-29-31-66-33-34-67-32-30-65-28-25-56-48(61)20-17-40-15-16-41(58-40)36-42-18-19-47(60(42)51(52)53)46-10-5-22-54-46/h3-5,7-10,13-16,18-19,22,35-36H,6,11-12,17,20-21,23-34H2,1-2H3,(H4,54,55,56,57,58,61,62,63)/p+1/b44-9-. The van der Waals surface area contributed by atoms with E-state index in [1.165, 1.54) is 22.3 Å². The number of aryl methyl sites for hydroxylation is 3. The van der Waals surface area contributed by atoms with Gasteiger partial charge in [0.1, 0.15) is 5.69 Å². The highest BCUT2D eigenvalue weighted by Crippen LogP contribution is 2.34. The number of carbonyl (C=O) groups is 3. The fraction of sp³-hybridized carbons (Fsp3) is 0.400. The fourth-order valence-electron chi connectivity index (χ4n) is 7.74. The Balaban J connectivity index is 0.732. The van der Waals surface area contributed by atoms with Gasteiger partial charge >= 0.3 is 7.40 Å². The van der Waals surface area contributed by atoms with E-state index in [9.17, 15) is 23.0 Å². The van der Waals surface area contributed by atoms with Crippen LogP contribution in [0.2, 0.25) is 0 Å². The zero-order chi connectivity index (χ0) is 47.2. The van der Waals surface area contributed by atoms with Crippen LogP contribution in [0.3, 0.4) is 0 Å². The molecule has 0 bridgehead atoms. The van der Waals surface area contributed by atoms with E-state index in [0.717, 1.165) is 41.6 Å².